The van der Waals surface area contributed by atoms with Gasteiger partial charge in [-0.25, -0.2) is 17.6 Å². The van der Waals surface area contributed by atoms with Gasteiger partial charge in [-0.3, -0.25) is 19.1 Å². The van der Waals surface area contributed by atoms with E-state index in [1.165, 1.54) is 0 Å². The molecular formula is C40H51F4N5O9S. The summed E-state index contributed by atoms with van der Waals surface area (Å²) in [4.78, 5) is 62.0. The summed E-state index contributed by atoms with van der Waals surface area (Å²) in [5.74, 6) is -3.72. The molecule has 0 bridgehead atoms. The Kier molecular flexibility index (Phi) is 12.2. The highest BCUT2D eigenvalue weighted by molar-refractivity contribution is 7.91. The first-order chi connectivity index (χ1) is 27.7. The van der Waals surface area contributed by atoms with Gasteiger partial charge in [-0.2, -0.15) is 18.2 Å². The van der Waals surface area contributed by atoms with Gasteiger partial charge in [0.25, 0.3) is 5.91 Å². The lowest BCUT2D eigenvalue weighted by molar-refractivity contribution is -0.244. The summed E-state index contributed by atoms with van der Waals surface area (Å²) in [7, 11) is -4.47. The highest BCUT2D eigenvalue weighted by atomic mass is 32.2. The number of alkyl carbamates (subject to hydrolysis) is 1. The smallest absolute Gasteiger partial charge is 0.427 e. The number of rotatable bonds is 10. The minimum atomic E-state index is -4.93. The van der Waals surface area contributed by atoms with Gasteiger partial charge in [-0.1, -0.05) is 44.2 Å². The second-order valence-electron chi connectivity index (χ2n) is 16.8. The molecule has 0 radical (unpaired) electrons. The molecule has 2 saturated carbocycles. The maximum atomic E-state index is 14.8. The van der Waals surface area contributed by atoms with Crippen LogP contribution < -0.4 is 24.8 Å². The lowest BCUT2D eigenvalue weighted by atomic mass is 9.88. The first-order valence-corrected chi connectivity index (χ1v) is 21.3. The monoisotopic (exact) mass is 853 g/mol. The second kappa shape index (κ2) is 16.4. The molecule has 7 atom stereocenters. The van der Waals surface area contributed by atoms with Crippen molar-refractivity contribution in [2.75, 3.05) is 19.8 Å². The number of halogens is 4. The molecule has 1 aromatic carbocycles. The largest absolute Gasteiger partial charge is 0.478 e. The number of alkyl halides is 4. The minimum Gasteiger partial charge on any atom is -0.478 e. The maximum absolute atomic E-state index is 14.8. The normalized spacial score (nSPS) is 29.1. The fourth-order valence-corrected chi connectivity index (χ4v) is 9.24. The Bertz CT molecular complexity index is 2100. The van der Waals surface area contributed by atoms with Gasteiger partial charge in [0.05, 0.1) is 13.2 Å². The van der Waals surface area contributed by atoms with Gasteiger partial charge >= 0.3 is 12.3 Å². The Balaban J connectivity index is 1.36. The Labute approximate surface area is 340 Å². The van der Waals surface area contributed by atoms with Crippen molar-refractivity contribution in [3.05, 3.63) is 42.5 Å². The molecule has 2 aliphatic carbocycles. The van der Waals surface area contributed by atoms with Crippen LogP contribution >= 0.6 is 0 Å². The number of nitrogens with one attached hydrogen (secondary N) is 3. The van der Waals surface area contributed by atoms with Crippen LogP contribution in [0, 0.1) is 17.8 Å². The number of ether oxygens (including phenoxy) is 3. The van der Waals surface area contributed by atoms with Crippen molar-refractivity contribution in [1.82, 2.24) is 25.2 Å². The third kappa shape index (κ3) is 9.09. The highest BCUT2D eigenvalue weighted by Gasteiger charge is 2.64. The van der Waals surface area contributed by atoms with Crippen LogP contribution in [-0.4, -0.2) is 102 Å². The Morgan fingerprint density at radius 1 is 1.10 bits per heavy atom. The molecule has 4 aliphatic rings. The van der Waals surface area contributed by atoms with Gasteiger partial charge in [0.1, 0.15) is 35.1 Å². The van der Waals surface area contributed by atoms with E-state index in [9.17, 15) is 45.2 Å². The van der Waals surface area contributed by atoms with Gasteiger partial charge in [0.2, 0.25) is 39.2 Å². The van der Waals surface area contributed by atoms with E-state index in [1.54, 1.807) is 38.1 Å². The summed E-state index contributed by atoms with van der Waals surface area (Å²) < 4.78 is 98.6. The lowest BCUT2D eigenvalue weighted by Gasteiger charge is -2.34. The zero-order chi connectivity index (χ0) is 43.1. The summed E-state index contributed by atoms with van der Waals surface area (Å²) in [6, 6.07) is 6.04. The first kappa shape index (κ1) is 43.9. The first-order valence-electron chi connectivity index (χ1n) is 19.8. The average Bonchev–Trinajstić information content (AvgIpc) is 4.06. The third-order valence-corrected chi connectivity index (χ3v) is 13.9. The van der Waals surface area contributed by atoms with Crippen LogP contribution in [0.15, 0.2) is 42.5 Å². The number of benzene rings is 1. The number of sulfonamides is 1. The molecule has 2 aliphatic heterocycles. The van der Waals surface area contributed by atoms with Crippen LogP contribution in [0.25, 0.3) is 10.8 Å². The molecule has 1 saturated heterocycles. The van der Waals surface area contributed by atoms with Crippen LogP contribution in [0.3, 0.4) is 0 Å². The standard InChI is InChI=1S/C40H51F4N5O9S/c1-6-56-30-18-25-12-8-10-14-28(25)33(45-30)57-27-19-29-32(50)47-39(35(52)48-59(54,55)38(22-41)15-16-38)20-26(39)13-9-7-11-23(2)17-24(3)31(34(51)49(29)21-27)46-36(53)58-37(4,5)40(42,43)44/h8-10,12-14,18,23-24,26-27,29,31H,6-7,11,15-17,19-22H2,1-5H3,(H,46,53)(H,47,50)(H,48,52)/b13-9-/t23-,24+,26+,27+,29-,31-,39+/m0/s1. The van der Waals surface area contributed by atoms with Crippen LogP contribution in [0.1, 0.15) is 79.6 Å². The minimum absolute atomic E-state index is 0.0115. The van der Waals surface area contributed by atoms with Crippen molar-refractivity contribution in [2.24, 2.45) is 17.8 Å². The number of allylic oxidation sites excluding steroid dienone is 1. The summed E-state index contributed by atoms with van der Waals surface area (Å²) in [5.41, 5.74) is -4.68. The summed E-state index contributed by atoms with van der Waals surface area (Å²) in [6.45, 7) is 5.56. The fourth-order valence-electron chi connectivity index (χ4n) is 7.81. The van der Waals surface area contributed by atoms with Crippen molar-refractivity contribution in [1.29, 1.82) is 0 Å². The van der Waals surface area contributed by atoms with Crippen LogP contribution in [0.2, 0.25) is 0 Å². The number of nitrogens with zero attached hydrogens (tertiary/aromatic N) is 2. The maximum Gasteiger partial charge on any atom is 0.427 e. The van der Waals surface area contributed by atoms with Gasteiger partial charge in [0.15, 0.2) is 0 Å². The zero-order valence-electron chi connectivity index (χ0n) is 33.6. The number of hydrogen-bond donors (Lipinski definition) is 3. The highest BCUT2D eigenvalue weighted by Crippen LogP contribution is 2.48. The van der Waals surface area contributed by atoms with Crippen molar-refractivity contribution >= 4 is 44.6 Å². The van der Waals surface area contributed by atoms with E-state index in [2.05, 4.69) is 15.6 Å². The van der Waals surface area contributed by atoms with Crippen molar-refractivity contribution in [3.8, 4) is 11.8 Å². The number of aromatic nitrogens is 1. The molecule has 3 N–H and O–H groups in total. The SMILES string of the molecule is CCOc1cc2ccccc2c(O[C@@H]2C[C@H]3C(=O)N[C@]4(C(=O)NS(=O)(=O)C5(CF)CC5)C[C@H]4/C=C\CC[C@H](C)C[C@@H](C)[C@H](NC(=O)OC(C)(C)C(F)(F)F)C(=O)N3C2)n1. The van der Waals surface area contributed by atoms with Crippen molar-refractivity contribution in [3.63, 3.8) is 0 Å². The Morgan fingerprint density at radius 3 is 2.47 bits per heavy atom. The molecular weight excluding hydrogens is 803 g/mol. The number of hydrogen-bond acceptors (Lipinski definition) is 10. The second-order valence-corrected chi connectivity index (χ2v) is 18.8. The Hall–Kier alpha value is -4.68. The summed E-state index contributed by atoms with van der Waals surface area (Å²) in [6.07, 6.45) is -2.53. The van der Waals surface area contributed by atoms with Gasteiger partial charge in [0, 0.05) is 23.8 Å². The van der Waals surface area contributed by atoms with E-state index in [1.807, 2.05) is 29.9 Å². The summed E-state index contributed by atoms with van der Waals surface area (Å²) in [5, 5.41) is 6.41. The van der Waals surface area contributed by atoms with E-state index >= 15 is 0 Å². The van der Waals surface area contributed by atoms with Crippen LogP contribution in [0.4, 0.5) is 22.4 Å². The van der Waals surface area contributed by atoms with Gasteiger partial charge in [-0.15, -0.1) is 0 Å². The molecule has 6 rings (SSSR count). The van der Waals surface area contributed by atoms with E-state index in [0.717, 1.165) is 10.3 Å². The third-order valence-electron chi connectivity index (χ3n) is 11.8. The number of fused-ring (bicyclic) bond motifs is 3. The van der Waals surface area contributed by atoms with Crippen LogP contribution in [0.5, 0.6) is 11.8 Å². The van der Waals surface area contributed by atoms with Gasteiger partial charge in [-0.05, 0) is 82.6 Å². The molecule has 3 fully saturated rings. The quantitative estimate of drug-likeness (QED) is 0.211. The molecule has 0 unspecified atom stereocenters. The number of carbonyl (C=O) groups excluding carboxylic acids is 4. The molecule has 1 aromatic heterocycles. The van der Waals surface area contributed by atoms with Crippen LogP contribution in [-0.2, 0) is 29.1 Å². The topological polar surface area (TPSA) is 182 Å². The van der Waals surface area contributed by atoms with E-state index < -0.39 is 92.6 Å². The fraction of sp³-hybridized carbons (Fsp3) is 0.625. The predicted octanol–water partition coefficient (Wildman–Crippen LogP) is 5.25. The molecule has 324 valence electrons. The molecule has 4 amide bonds. The predicted molar refractivity (Wildman–Crippen MR) is 206 cm³/mol. The number of carbonyl (C=O) groups is 4. The lowest BCUT2D eigenvalue weighted by Crippen LogP contribution is -2.60. The molecule has 3 heterocycles. The van der Waals surface area contributed by atoms with Gasteiger partial charge < -0.3 is 29.7 Å². The number of amides is 4. The van der Waals surface area contributed by atoms with Crippen molar-refractivity contribution < 1.29 is 59.4 Å². The Morgan fingerprint density at radius 2 is 1.81 bits per heavy atom. The molecule has 14 nitrogen and oxygen atoms in total. The van der Waals surface area contributed by atoms with E-state index in [4.69, 9.17) is 14.2 Å². The van der Waals surface area contributed by atoms with E-state index in [-0.39, 0.29) is 49.9 Å². The zero-order valence-corrected chi connectivity index (χ0v) is 34.4. The summed E-state index contributed by atoms with van der Waals surface area (Å²) >= 11 is 0. The number of pyridine rings is 1. The van der Waals surface area contributed by atoms with Crippen molar-refractivity contribution in [2.45, 2.75) is 120 Å². The molecule has 0 spiro atoms. The van der Waals surface area contributed by atoms with E-state index in [0.29, 0.717) is 45.1 Å². The molecule has 59 heavy (non-hydrogen) atoms. The average molecular weight is 854 g/mol. The molecule has 2 aromatic rings. The molecule has 19 heteroatoms.